The second-order valence-electron chi connectivity index (χ2n) is 30.3. The molecule has 0 spiro atoms. The molecule has 0 bridgehead atoms. The second-order valence-corrected chi connectivity index (χ2v) is 31.3. The molecule has 0 atom stereocenters. The number of benzene rings is 8. The second kappa shape index (κ2) is 19.0. The van der Waals surface area contributed by atoms with Gasteiger partial charge >= 0.3 is 0 Å². The highest BCUT2D eigenvalue weighted by atomic mass is 32.1. The Hall–Kier alpha value is -7.02. The highest BCUT2D eigenvalue weighted by Crippen LogP contribution is 2.56. The molecule has 430 valence electrons. The molecule has 11 aromatic rings. The first-order chi connectivity index (χ1) is 40.5. The van der Waals surface area contributed by atoms with Gasteiger partial charge in [0, 0.05) is 70.6 Å². The summed E-state index contributed by atoms with van der Waals surface area (Å²) in [5.74, 6) is 0. The number of anilines is 5. The number of hydrogen-bond acceptors (Lipinski definition) is 5. The fourth-order valence-electron chi connectivity index (χ4n) is 16.1. The number of hydrogen-bond donors (Lipinski definition) is 1. The smallest absolute Gasteiger partial charge is 0.244 e. The van der Waals surface area contributed by atoms with E-state index in [1.54, 1.807) is 0 Å². The van der Waals surface area contributed by atoms with Gasteiger partial charge in [-0.1, -0.05) is 164 Å². The van der Waals surface area contributed by atoms with Crippen LogP contribution in [0.5, 0.6) is 0 Å². The molecule has 4 nitrogen and oxygen atoms in total. The number of para-hydroxylation sites is 1. The van der Waals surface area contributed by atoms with E-state index in [0.717, 1.165) is 93.7 Å². The molecule has 4 heterocycles. The molecule has 4 aliphatic rings. The third kappa shape index (κ3) is 8.63. The summed E-state index contributed by atoms with van der Waals surface area (Å²) in [6, 6.07) is 52.0. The summed E-state index contributed by atoms with van der Waals surface area (Å²) in [5.41, 5.74) is 25.8. The van der Waals surface area contributed by atoms with Crippen LogP contribution >= 0.6 is 11.3 Å². The molecule has 0 unspecified atom stereocenters. The maximum Gasteiger partial charge on any atom is 0.244 e. The van der Waals surface area contributed by atoms with Gasteiger partial charge in [-0.3, -0.25) is 0 Å². The van der Waals surface area contributed by atoms with Gasteiger partial charge in [0.25, 0.3) is 0 Å². The number of unbranched alkanes of at least 4 members (excludes halogenated alkanes) is 2. The first-order valence-corrected chi connectivity index (χ1v) is 32.9. The van der Waals surface area contributed by atoms with Gasteiger partial charge in [0.2, 0.25) is 7.28 Å². The predicted octanol–water partition coefficient (Wildman–Crippen LogP) is 21.7. The van der Waals surface area contributed by atoms with Crippen LogP contribution in [0, 0.1) is 0 Å². The monoisotopic (exact) mass is 1130 g/mol. The van der Waals surface area contributed by atoms with Crippen LogP contribution in [-0.2, 0) is 38.9 Å². The van der Waals surface area contributed by atoms with Crippen molar-refractivity contribution in [2.75, 3.05) is 10.2 Å². The van der Waals surface area contributed by atoms with Crippen LogP contribution in [0.1, 0.15) is 187 Å². The van der Waals surface area contributed by atoms with Crippen LogP contribution in [0.25, 0.3) is 75.3 Å². The molecular weight excluding hydrogens is 1050 g/mol. The van der Waals surface area contributed by atoms with E-state index in [2.05, 4.69) is 234 Å². The molecule has 3 aliphatic carbocycles. The Bertz CT molecular complexity index is 4580. The summed E-state index contributed by atoms with van der Waals surface area (Å²) in [4.78, 5) is 2.61. The summed E-state index contributed by atoms with van der Waals surface area (Å²) in [7, 11) is 0.608. The number of thiophene rings is 1. The highest BCUT2D eigenvalue weighted by Gasteiger charge is 2.43. The molecule has 0 amide bonds. The van der Waals surface area contributed by atoms with Crippen molar-refractivity contribution in [3.63, 3.8) is 0 Å². The zero-order valence-electron chi connectivity index (χ0n) is 52.7. The lowest BCUT2D eigenvalue weighted by atomic mass is 9.60. The Labute approximate surface area is 508 Å². The zero-order valence-corrected chi connectivity index (χ0v) is 53.5. The van der Waals surface area contributed by atoms with Crippen LogP contribution in [0.4, 0.5) is 28.4 Å². The third-order valence-electron chi connectivity index (χ3n) is 21.7. The van der Waals surface area contributed by atoms with Crippen LogP contribution in [0.2, 0.25) is 0 Å². The van der Waals surface area contributed by atoms with Gasteiger partial charge in [0.05, 0.1) is 17.0 Å². The Morgan fingerprint density at radius 3 is 1.78 bits per heavy atom. The van der Waals surface area contributed by atoms with Crippen molar-refractivity contribution in [2.45, 2.75) is 187 Å². The Morgan fingerprint density at radius 1 is 0.482 bits per heavy atom. The Balaban J connectivity index is 1.05. The molecular formula is C79H83BN2O2S. The molecule has 1 N–H and O–H groups in total. The van der Waals surface area contributed by atoms with Crippen LogP contribution in [0.15, 0.2) is 142 Å². The molecule has 0 radical (unpaired) electrons. The normalized spacial score (nSPS) is 18.5. The maximum atomic E-state index is 7.56. The first kappa shape index (κ1) is 54.6. The van der Waals surface area contributed by atoms with Crippen molar-refractivity contribution in [3.8, 4) is 22.3 Å². The number of fused-ring (bicyclic) bond motifs is 13. The minimum absolute atomic E-state index is 0.00787. The summed E-state index contributed by atoms with van der Waals surface area (Å²) >= 11 is 1.95. The minimum Gasteiger partial charge on any atom is -0.469 e. The van der Waals surface area contributed by atoms with E-state index < -0.39 is 0 Å². The van der Waals surface area contributed by atoms with Crippen LogP contribution < -0.4 is 21.3 Å². The van der Waals surface area contributed by atoms with E-state index >= 15 is 0 Å². The number of nitrogens with zero attached hydrogens (tertiary/aromatic N) is 1. The van der Waals surface area contributed by atoms with Gasteiger partial charge in [-0.15, -0.1) is 11.3 Å². The van der Waals surface area contributed by atoms with Crippen LogP contribution in [-0.4, -0.2) is 7.28 Å². The molecule has 6 heteroatoms. The topological polar surface area (TPSA) is 41.6 Å². The zero-order chi connectivity index (χ0) is 58.9. The molecule has 0 saturated carbocycles. The molecule has 3 aromatic heterocycles. The van der Waals surface area contributed by atoms with E-state index in [9.17, 15) is 0 Å². The molecule has 0 fully saturated rings. The average Bonchev–Trinajstić information content (AvgIpc) is 1.87. The highest BCUT2D eigenvalue weighted by molar-refractivity contribution is 7.25. The van der Waals surface area contributed by atoms with Crippen molar-refractivity contribution < 1.29 is 8.83 Å². The molecule has 15 rings (SSSR count). The fourth-order valence-corrected chi connectivity index (χ4v) is 17.2. The number of furan rings is 2. The van der Waals surface area contributed by atoms with Gasteiger partial charge in [0.15, 0.2) is 0 Å². The minimum atomic E-state index is 0.00787. The molecule has 1 aliphatic heterocycles. The Morgan fingerprint density at radius 2 is 1.08 bits per heavy atom. The van der Waals surface area contributed by atoms with Crippen LogP contribution in [0.3, 0.4) is 0 Å². The van der Waals surface area contributed by atoms with E-state index in [1.807, 2.05) is 11.3 Å². The van der Waals surface area contributed by atoms with Crippen molar-refractivity contribution in [1.82, 2.24) is 0 Å². The predicted molar refractivity (Wildman–Crippen MR) is 367 cm³/mol. The lowest BCUT2D eigenvalue weighted by Crippen LogP contribution is -2.40. The third-order valence-corrected chi connectivity index (χ3v) is 22.8. The van der Waals surface area contributed by atoms with Gasteiger partial charge in [-0.25, -0.2) is 0 Å². The van der Waals surface area contributed by atoms with Gasteiger partial charge in [-0.05, 0) is 206 Å². The summed E-state index contributed by atoms with van der Waals surface area (Å²) in [5, 5.41) is 10.3. The average molecular weight is 1140 g/mol. The van der Waals surface area contributed by atoms with Crippen molar-refractivity contribution in [2.24, 2.45) is 0 Å². The summed E-state index contributed by atoms with van der Waals surface area (Å²) in [6.45, 7) is 31.6. The van der Waals surface area contributed by atoms with E-state index in [0.29, 0.717) is 7.28 Å². The summed E-state index contributed by atoms with van der Waals surface area (Å²) in [6.07, 6.45) is 11.6. The Kier molecular flexibility index (Phi) is 12.2. The molecule has 0 saturated heterocycles. The SMILES string of the molecule is CCCCCc1ccc(N2c3cc4oc5ccccc5c4c(-c4cc5sc6cc7c(cc6c5cc4Nc4ccc5c(c4)C(C)(C)CCC5(C)C)C(C)(C)CCC7(C)C)c3Bc3oc4cc5c(cc4c32)C(C)(C)CCC5(C)C)c(-c2ccccc2)c1. The van der Waals surface area contributed by atoms with Crippen molar-refractivity contribution in [1.29, 1.82) is 0 Å². The van der Waals surface area contributed by atoms with Gasteiger partial charge in [-0.2, -0.15) is 0 Å². The van der Waals surface area contributed by atoms with Gasteiger partial charge < -0.3 is 19.1 Å². The van der Waals surface area contributed by atoms with Crippen molar-refractivity contribution >= 4 is 111 Å². The number of aryl methyl sites for hydroxylation is 1. The number of nitrogens with one attached hydrogen (secondary N) is 1. The molecule has 8 aromatic carbocycles. The first-order valence-electron chi connectivity index (χ1n) is 32.0. The van der Waals surface area contributed by atoms with E-state index in [4.69, 9.17) is 8.83 Å². The number of rotatable bonds is 9. The standard InChI is InChI=1S/C79H83BN2O2S/c1-14-15-17-22-46-27-30-62(50(37-46)47-23-18-16-19-24-47)82-63-45-66-69(49-25-20-21-26-64(49)83-66)70(71(63)80-73-72(82)54-40-58-59(43-65(54)84-73)78(10,11)35-33-77(58,8)9)53-42-67-52(51-39-57-60(44-68(51)85-67)79(12,13)36-34-76(57,6)7)41-61(53)81-48-28-29-55-56(38-48)75(4,5)32-31-74(55,2)3/h16,18-21,23-30,37-45,80-81H,14-15,17,22,31-36H2,1-13H3. The summed E-state index contributed by atoms with van der Waals surface area (Å²) < 4.78 is 17.5. The quantitative estimate of drug-likeness (QED) is 0.116. The molecule has 85 heavy (non-hydrogen) atoms. The van der Waals surface area contributed by atoms with Gasteiger partial charge in [0.1, 0.15) is 16.7 Å². The lowest BCUT2D eigenvalue weighted by molar-refractivity contribution is 0.332. The maximum absolute atomic E-state index is 7.56. The van der Waals surface area contributed by atoms with E-state index in [1.165, 1.54) is 124 Å². The van der Waals surface area contributed by atoms with E-state index in [-0.39, 0.29) is 32.5 Å². The largest absolute Gasteiger partial charge is 0.469 e. The van der Waals surface area contributed by atoms with Crippen molar-refractivity contribution in [3.05, 3.63) is 172 Å². The fraction of sp³-hybridized carbons (Fsp3) is 0.367. The lowest BCUT2D eigenvalue weighted by Gasteiger charge is -2.42.